The normalized spacial score (nSPS) is 13.1. The summed E-state index contributed by atoms with van der Waals surface area (Å²) in [6.07, 6.45) is 0.253. The fourth-order valence-corrected chi connectivity index (χ4v) is 1.09. The second-order valence-corrected chi connectivity index (χ2v) is 5.29. The second-order valence-electron chi connectivity index (χ2n) is 5.29. The average Bonchev–Trinajstić information content (AvgIpc) is 2.25. The van der Waals surface area contributed by atoms with E-state index in [2.05, 4.69) is 5.32 Å². The number of nitrogens with zero attached hydrogens (tertiary/aromatic N) is 1. The largest absolute Gasteiger partial charge is 0.394 e. The maximum atomic E-state index is 11.6. The molecule has 5 heteroatoms. The van der Waals surface area contributed by atoms with Crippen LogP contribution in [0.3, 0.4) is 0 Å². The van der Waals surface area contributed by atoms with Crippen LogP contribution in [0.15, 0.2) is 0 Å². The van der Waals surface area contributed by atoms with Crippen LogP contribution in [0.4, 0.5) is 0 Å². The number of amides is 2. The van der Waals surface area contributed by atoms with Gasteiger partial charge in [0.1, 0.15) is 0 Å². The quantitative estimate of drug-likeness (QED) is 0.734. The summed E-state index contributed by atoms with van der Waals surface area (Å²) >= 11 is 0. The molecule has 0 bridgehead atoms. The van der Waals surface area contributed by atoms with Crippen LogP contribution in [0.1, 0.15) is 34.1 Å². The van der Waals surface area contributed by atoms with E-state index >= 15 is 0 Å². The van der Waals surface area contributed by atoms with Gasteiger partial charge in [0.2, 0.25) is 11.8 Å². The molecule has 0 aliphatic heterocycles. The number of likely N-dealkylation sites (N-methyl/N-ethyl adjacent to an activating group) is 1. The molecule has 1 unspecified atom stereocenters. The van der Waals surface area contributed by atoms with E-state index in [1.807, 2.05) is 20.8 Å². The summed E-state index contributed by atoms with van der Waals surface area (Å²) in [7, 11) is 1.65. The highest BCUT2D eigenvalue weighted by atomic mass is 16.3. The van der Waals surface area contributed by atoms with E-state index in [0.29, 0.717) is 6.54 Å². The molecule has 0 spiro atoms. The molecular formula is C12H24N2O3. The van der Waals surface area contributed by atoms with Gasteiger partial charge in [0.15, 0.2) is 0 Å². The maximum Gasteiger partial charge on any atom is 0.225 e. The standard InChI is InChI=1S/C12H24N2O3/c1-9(8-15)14(5)10(16)6-7-13-11(17)12(2,3)4/h9,15H,6-8H2,1-5H3,(H,13,17). The topological polar surface area (TPSA) is 69.6 Å². The van der Waals surface area contributed by atoms with Crippen molar-refractivity contribution in [3.63, 3.8) is 0 Å². The third kappa shape index (κ3) is 5.68. The molecule has 0 fully saturated rings. The smallest absolute Gasteiger partial charge is 0.225 e. The van der Waals surface area contributed by atoms with Gasteiger partial charge in [-0.25, -0.2) is 0 Å². The van der Waals surface area contributed by atoms with Crippen LogP contribution in [0.2, 0.25) is 0 Å². The SMILES string of the molecule is CC(CO)N(C)C(=O)CCNC(=O)C(C)(C)C. The lowest BCUT2D eigenvalue weighted by Crippen LogP contribution is -2.40. The first-order chi connectivity index (χ1) is 7.70. The van der Waals surface area contributed by atoms with Gasteiger partial charge < -0.3 is 15.3 Å². The van der Waals surface area contributed by atoms with E-state index in [1.54, 1.807) is 14.0 Å². The number of hydrogen-bond donors (Lipinski definition) is 2. The fourth-order valence-electron chi connectivity index (χ4n) is 1.09. The van der Waals surface area contributed by atoms with Crippen molar-refractivity contribution in [3.05, 3.63) is 0 Å². The molecule has 0 aromatic carbocycles. The summed E-state index contributed by atoms with van der Waals surface area (Å²) in [6.45, 7) is 7.51. The molecule has 0 rings (SSSR count). The first-order valence-corrected chi connectivity index (χ1v) is 5.85. The zero-order valence-electron chi connectivity index (χ0n) is 11.4. The van der Waals surface area contributed by atoms with E-state index in [0.717, 1.165) is 0 Å². The minimum atomic E-state index is -0.437. The Morgan fingerprint density at radius 3 is 2.29 bits per heavy atom. The first-order valence-electron chi connectivity index (χ1n) is 5.85. The Hall–Kier alpha value is -1.10. The zero-order valence-corrected chi connectivity index (χ0v) is 11.4. The second kappa shape index (κ2) is 6.59. The van der Waals surface area contributed by atoms with Crippen LogP contribution in [0.25, 0.3) is 0 Å². The Morgan fingerprint density at radius 2 is 1.88 bits per heavy atom. The molecule has 0 aliphatic carbocycles. The summed E-state index contributed by atoms with van der Waals surface area (Å²) < 4.78 is 0. The van der Waals surface area contributed by atoms with Crippen LogP contribution in [-0.2, 0) is 9.59 Å². The number of aliphatic hydroxyl groups excluding tert-OH is 1. The number of carbonyl (C=O) groups excluding carboxylic acids is 2. The van der Waals surface area contributed by atoms with Gasteiger partial charge in [-0.2, -0.15) is 0 Å². The number of nitrogens with one attached hydrogen (secondary N) is 1. The van der Waals surface area contributed by atoms with Crippen LogP contribution in [-0.4, -0.2) is 48.1 Å². The van der Waals surface area contributed by atoms with Gasteiger partial charge in [-0.05, 0) is 6.92 Å². The molecule has 0 heterocycles. The van der Waals surface area contributed by atoms with Gasteiger partial charge in [0.25, 0.3) is 0 Å². The molecule has 0 aromatic heterocycles. The number of aliphatic hydroxyl groups is 1. The van der Waals surface area contributed by atoms with Gasteiger partial charge in [-0.3, -0.25) is 9.59 Å². The first kappa shape index (κ1) is 15.9. The third-order valence-electron chi connectivity index (χ3n) is 2.62. The molecule has 0 radical (unpaired) electrons. The number of carbonyl (C=O) groups is 2. The highest BCUT2D eigenvalue weighted by molar-refractivity contribution is 5.82. The molecule has 100 valence electrons. The Bertz CT molecular complexity index is 271. The van der Waals surface area contributed by atoms with Crippen LogP contribution >= 0.6 is 0 Å². The number of hydrogen-bond acceptors (Lipinski definition) is 3. The van der Waals surface area contributed by atoms with Crippen molar-refractivity contribution < 1.29 is 14.7 Å². The van der Waals surface area contributed by atoms with Gasteiger partial charge in [-0.1, -0.05) is 20.8 Å². The molecule has 0 saturated carbocycles. The summed E-state index contributed by atoms with van der Waals surface area (Å²) in [5.74, 6) is -0.149. The Balaban J connectivity index is 3.98. The molecule has 0 aromatic rings. The third-order valence-corrected chi connectivity index (χ3v) is 2.62. The highest BCUT2D eigenvalue weighted by Gasteiger charge is 2.21. The molecule has 2 amide bonds. The van der Waals surface area contributed by atoms with Crippen molar-refractivity contribution >= 4 is 11.8 Å². The monoisotopic (exact) mass is 244 g/mol. The lowest BCUT2D eigenvalue weighted by atomic mass is 9.96. The highest BCUT2D eigenvalue weighted by Crippen LogP contribution is 2.12. The Kier molecular flexibility index (Phi) is 6.16. The fraction of sp³-hybridized carbons (Fsp3) is 0.833. The van der Waals surface area contributed by atoms with E-state index in [-0.39, 0.29) is 30.9 Å². The lowest BCUT2D eigenvalue weighted by Gasteiger charge is -2.23. The van der Waals surface area contributed by atoms with Gasteiger partial charge >= 0.3 is 0 Å². The van der Waals surface area contributed by atoms with Gasteiger partial charge in [0.05, 0.1) is 12.6 Å². The summed E-state index contributed by atoms with van der Waals surface area (Å²) in [5.41, 5.74) is -0.437. The molecule has 1 atom stereocenters. The van der Waals surface area contributed by atoms with Crippen molar-refractivity contribution in [1.82, 2.24) is 10.2 Å². The van der Waals surface area contributed by atoms with Crippen molar-refractivity contribution in [2.45, 2.75) is 40.2 Å². The van der Waals surface area contributed by atoms with Crippen LogP contribution in [0.5, 0.6) is 0 Å². The van der Waals surface area contributed by atoms with E-state index in [1.165, 1.54) is 4.90 Å². The van der Waals surface area contributed by atoms with Crippen LogP contribution < -0.4 is 5.32 Å². The van der Waals surface area contributed by atoms with E-state index in [4.69, 9.17) is 5.11 Å². The minimum absolute atomic E-state index is 0.0589. The molecule has 2 N–H and O–H groups in total. The van der Waals surface area contributed by atoms with Crippen LogP contribution in [0, 0.1) is 5.41 Å². The van der Waals surface area contributed by atoms with Gasteiger partial charge in [-0.15, -0.1) is 0 Å². The zero-order chi connectivity index (χ0) is 13.6. The minimum Gasteiger partial charge on any atom is -0.394 e. The van der Waals surface area contributed by atoms with Gasteiger partial charge in [0, 0.05) is 25.4 Å². The lowest BCUT2D eigenvalue weighted by molar-refractivity contribution is -0.132. The average molecular weight is 244 g/mol. The Morgan fingerprint density at radius 1 is 1.35 bits per heavy atom. The molecule has 0 aliphatic rings. The van der Waals surface area contributed by atoms with E-state index in [9.17, 15) is 9.59 Å². The van der Waals surface area contributed by atoms with Crippen molar-refractivity contribution in [1.29, 1.82) is 0 Å². The van der Waals surface area contributed by atoms with Crippen molar-refractivity contribution in [2.24, 2.45) is 5.41 Å². The summed E-state index contributed by atoms with van der Waals surface area (Å²) in [6, 6.07) is -0.194. The van der Waals surface area contributed by atoms with Crippen molar-refractivity contribution in [3.8, 4) is 0 Å². The predicted octanol–water partition coefficient (Wildman–Crippen LogP) is 0.378. The molecule has 17 heavy (non-hydrogen) atoms. The van der Waals surface area contributed by atoms with Crippen molar-refractivity contribution in [2.75, 3.05) is 20.2 Å². The maximum absolute atomic E-state index is 11.6. The van der Waals surface area contributed by atoms with E-state index < -0.39 is 5.41 Å². The number of rotatable bonds is 5. The summed E-state index contributed by atoms with van der Waals surface area (Å²) in [4.78, 5) is 24.7. The molecule has 0 saturated heterocycles. The summed E-state index contributed by atoms with van der Waals surface area (Å²) in [5, 5.41) is 11.6. The molecule has 5 nitrogen and oxygen atoms in total. The molecular weight excluding hydrogens is 220 g/mol. The Labute approximate surface area is 103 Å². The predicted molar refractivity (Wildman–Crippen MR) is 66.4 cm³/mol.